The molecule has 0 heterocycles. The molecule has 0 aliphatic heterocycles. The Kier molecular flexibility index (Phi) is 4.53. The molecule has 0 bridgehead atoms. The number of halogens is 1. The second kappa shape index (κ2) is 6.35. The molecule has 2 aromatic carbocycles. The van der Waals surface area contributed by atoms with Crippen LogP contribution in [-0.2, 0) is 4.79 Å². The highest BCUT2D eigenvalue weighted by Gasteiger charge is 2.24. The van der Waals surface area contributed by atoms with Gasteiger partial charge in [-0.1, -0.05) is 41.9 Å². The number of hydrogen-bond acceptors (Lipinski definition) is 2. The number of carbonyl (C=O) groups is 2. The first kappa shape index (κ1) is 14.3. The van der Waals surface area contributed by atoms with Gasteiger partial charge in [0.2, 0.25) is 0 Å². The summed E-state index contributed by atoms with van der Waals surface area (Å²) in [6, 6.07) is 15.4. The van der Waals surface area contributed by atoms with Crippen molar-refractivity contribution < 1.29 is 14.7 Å². The third-order valence-corrected chi connectivity index (χ3v) is 3.28. The number of carboxylic acid groups (broad SMARTS) is 1. The van der Waals surface area contributed by atoms with E-state index >= 15 is 0 Å². The van der Waals surface area contributed by atoms with Crippen LogP contribution in [0.5, 0.6) is 0 Å². The molecule has 1 atom stereocenters. The van der Waals surface area contributed by atoms with Crippen molar-refractivity contribution in [2.45, 2.75) is 12.3 Å². The van der Waals surface area contributed by atoms with Crippen molar-refractivity contribution in [2.24, 2.45) is 0 Å². The van der Waals surface area contributed by atoms with Crippen molar-refractivity contribution in [3.63, 3.8) is 0 Å². The van der Waals surface area contributed by atoms with Gasteiger partial charge < -0.3 is 5.11 Å². The van der Waals surface area contributed by atoms with Gasteiger partial charge in [0.05, 0.1) is 12.3 Å². The Hall–Kier alpha value is -2.13. The molecule has 0 aliphatic rings. The van der Waals surface area contributed by atoms with E-state index in [9.17, 15) is 9.59 Å². The zero-order valence-corrected chi connectivity index (χ0v) is 11.4. The van der Waals surface area contributed by atoms with Gasteiger partial charge in [0.25, 0.3) is 0 Å². The molecule has 0 fully saturated rings. The van der Waals surface area contributed by atoms with Crippen LogP contribution in [0.4, 0.5) is 0 Å². The molecule has 0 spiro atoms. The number of hydrogen-bond donors (Lipinski definition) is 1. The Balaban J connectivity index is 2.34. The summed E-state index contributed by atoms with van der Waals surface area (Å²) in [7, 11) is 0. The lowest BCUT2D eigenvalue weighted by atomic mass is 9.88. The van der Waals surface area contributed by atoms with Crippen LogP contribution in [0.3, 0.4) is 0 Å². The number of Topliss-reactive ketones (excluding diaryl/α,β-unsaturated/α-hetero) is 1. The van der Waals surface area contributed by atoms with E-state index in [0.29, 0.717) is 16.1 Å². The van der Waals surface area contributed by atoms with E-state index in [1.807, 2.05) is 6.07 Å². The third kappa shape index (κ3) is 3.45. The van der Waals surface area contributed by atoms with Gasteiger partial charge >= 0.3 is 5.97 Å². The summed E-state index contributed by atoms with van der Waals surface area (Å²) in [5, 5.41) is 9.55. The Bertz CT molecular complexity index is 605. The van der Waals surface area contributed by atoms with Crippen molar-refractivity contribution in [1.29, 1.82) is 0 Å². The van der Waals surface area contributed by atoms with Crippen molar-refractivity contribution in [2.75, 3.05) is 0 Å². The lowest BCUT2D eigenvalue weighted by Crippen LogP contribution is -2.16. The van der Waals surface area contributed by atoms with Crippen LogP contribution in [-0.4, -0.2) is 16.9 Å². The molecule has 0 radical (unpaired) electrons. The normalized spacial score (nSPS) is 11.8. The first-order chi connectivity index (χ1) is 9.58. The van der Waals surface area contributed by atoms with Gasteiger partial charge in [-0.2, -0.15) is 0 Å². The number of carbonyl (C=O) groups excluding carboxylic acids is 1. The van der Waals surface area contributed by atoms with E-state index in [0.717, 1.165) is 0 Å². The predicted molar refractivity (Wildman–Crippen MR) is 77.2 cm³/mol. The number of benzene rings is 2. The monoisotopic (exact) mass is 288 g/mol. The maximum absolute atomic E-state index is 12.5. The van der Waals surface area contributed by atoms with E-state index in [2.05, 4.69) is 0 Å². The lowest BCUT2D eigenvalue weighted by molar-refractivity contribution is -0.137. The zero-order chi connectivity index (χ0) is 14.5. The van der Waals surface area contributed by atoms with Crippen LogP contribution in [0.2, 0.25) is 5.02 Å². The largest absolute Gasteiger partial charge is 0.481 e. The Morgan fingerprint density at radius 2 is 1.60 bits per heavy atom. The minimum atomic E-state index is -0.999. The molecule has 3 nitrogen and oxygen atoms in total. The van der Waals surface area contributed by atoms with Crippen LogP contribution < -0.4 is 0 Å². The number of carboxylic acids is 1. The molecule has 1 N–H and O–H groups in total. The van der Waals surface area contributed by atoms with Gasteiger partial charge in [-0.3, -0.25) is 9.59 Å². The molecule has 102 valence electrons. The van der Waals surface area contributed by atoms with Gasteiger partial charge in [-0.25, -0.2) is 0 Å². The second-order valence-corrected chi connectivity index (χ2v) is 4.87. The van der Waals surface area contributed by atoms with E-state index in [4.69, 9.17) is 16.7 Å². The quantitative estimate of drug-likeness (QED) is 0.852. The Labute approximate surface area is 121 Å². The predicted octanol–water partition coefficient (Wildman–Crippen LogP) is 3.78. The maximum Gasteiger partial charge on any atom is 0.304 e. The highest BCUT2D eigenvalue weighted by Crippen LogP contribution is 2.25. The highest BCUT2D eigenvalue weighted by molar-refractivity contribution is 6.30. The minimum Gasteiger partial charge on any atom is -0.481 e. The van der Waals surface area contributed by atoms with Crippen LogP contribution in [0.25, 0.3) is 0 Å². The molecule has 20 heavy (non-hydrogen) atoms. The Morgan fingerprint density at radius 3 is 2.15 bits per heavy atom. The van der Waals surface area contributed by atoms with Crippen molar-refractivity contribution >= 4 is 23.4 Å². The van der Waals surface area contributed by atoms with E-state index in [-0.39, 0.29) is 12.2 Å². The second-order valence-electron chi connectivity index (χ2n) is 4.43. The molecule has 0 aromatic heterocycles. The summed E-state index contributed by atoms with van der Waals surface area (Å²) >= 11 is 5.79. The van der Waals surface area contributed by atoms with Crippen LogP contribution in [0, 0.1) is 0 Å². The molecular formula is C16H13ClO3. The van der Waals surface area contributed by atoms with Gasteiger partial charge in [-0.15, -0.1) is 0 Å². The summed E-state index contributed by atoms with van der Waals surface area (Å²) in [6.07, 6.45) is -0.231. The SMILES string of the molecule is O=C(O)CC(C(=O)c1ccc(Cl)cc1)c1ccccc1. The summed E-state index contributed by atoms with van der Waals surface area (Å²) in [6.45, 7) is 0. The number of ketones is 1. The van der Waals surface area contributed by atoms with Gasteiger partial charge in [0, 0.05) is 10.6 Å². The topological polar surface area (TPSA) is 54.4 Å². The zero-order valence-electron chi connectivity index (χ0n) is 10.6. The molecule has 0 aliphatic carbocycles. The highest BCUT2D eigenvalue weighted by atomic mass is 35.5. The third-order valence-electron chi connectivity index (χ3n) is 3.03. The average molecular weight is 289 g/mol. The summed E-state index contributed by atoms with van der Waals surface area (Å²) in [5.41, 5.74) is 1.17. The lowest BCUT2D eigenvalue weighted by Gasteiger charge is -2.14. The van der Waals surface area contributed by atoms with E-state index in [1.165, 1.54) is 0 Å². The molecule has 4 heteroatoms. The summed E-state index contributed by atoms with van der Waals surface area (Å²) < 4.78 is 0. The maximum atomic E-state index is 12.5. The molecular weight excluding hydrogens is 276 g/mol. The van der Waals surface area contributed by atoms with E-state index < -0.39 is 11.9 Å². The fraction of sp³-hybridized carbons (Fsp3) is 0.125. The standard InChI is InChI=1S/C16H13ClO3/c17-13-8-6-12(7-9-13)16(20)14(10-15(18)19)11-4-2-1-3-5-11/h1-9,14H,10H2,(H,18,19). The molecule has 2 rings (SSSR count). The van der Waals surface area contributed by atoms with Crippen LogP contribution in [0.15, 0.2) is 54.6 Å². The van der Waals surface area contributed by atoms with Gasteiger partial charge in [-0.05, 0) is 29.8 Å². The first-order valence-electron chi connectivity index (χ1n) is 6.14. The smallest absolute Gasteiger partial charge is 0.304 e. The summed E-state index contributed by atoms with van der Waals surface area (Å²) in [4.78, 5) is 23.5. The van der Waals surface area contributed by atoms with Crippen molar-refractivity contribution in [1.82, 2.24) is 0 Å². The average Bonchev–Trinajstić information content (AvgIpc) is 2.45. The molecule has 0 saturated carbocycles. The molecule has 1 unspecified atom stereocenters. The van der Waals surface area contributed by atoms with Crippen LogP contribution >= 0.6 is 11.6 Å². The van der Waals surface area contributed by atoms with E-state index in [1.54, 1.807) is 48.5 Å². The minimum absolute atomic E-state index is 0.213. The first-order valence-corrected chi connectivity index (χ1v) is 6.52. The fourth-order valence-corrected chi connectivity index (χ4v) is 2.16. The van der Waals surface area contributed by atoms with Crippen molar-refractivity contribution in [3.05, 3.63) is 70.7 Å². The van der Waals surface area contributed by atoms with Crippen LogP contribution in [0.1, 0.15) is 28.3 Å². The molecule has 2 aromatic rings. The van der Waals surface area contributed by atoms with Crippen molar-refractivity contribution in [3.8, 4) is 0 Å². The van der Waals surface area contributed by atoms with Gasteiger partial charge in [0.15, 0.2) is 5.78 Å². The van der Waals surface area contributed by atoms with Gasteiger partial charge in [0.1, 0.15) is 0 Å². The number of rotatable bonds is 5. The molecule has 0 saturated heterocycles. The Morgan fingerprint density at radius 1 is 1.00 bits per heavy atom. The molecule has 0 amide bonds. The number of aliphatic carboxylic acids is 1. The fourth-order valence-electron chi connectivity index (χ4n) is 2.04. The summed E-state index contributed by atoms with van der Waals surface area (Å²) in [5.74, 6) is -1.90.